The van der Waals surface area contributed by atoms with Gasteiger partial charge in [-0.05, 0) is 37.1 Å². The molecule has 0 spiro atoms. The molecule has 1 aromatic carbocycles. The van der Waals surface area contributed by atoms with E-state index in [0.29, 0.717) is 52.4 Å². The number of rotatable bonds is 9. The van der Waals surface area contributed by atoms with E-state index in [1.165, 1.54) is 29.8 Å². The molecule has 3 rings (SSSR count). The van der Waals surface area contributed by atoms with Gasteiger partial charge in [-0.15, -0.1) is 0 Å². The molecule has 0 saturated carbocycles. The van der Waals surface area contributed by atoms with Crippen molar-refractivity contribution in [1.29, 1.82) is 0 Å². The number of thiophene rings is 1. The third-order valence-corrected chi connectivity index (χ3v) is 5.45. The molecule has 4 N–H and O–H groups in total. The first-order valence-electron chi connectivity index (χ1n) is 9.15. The largest absolute Gasteiger partial charge is 0.340 e. The molecule has 8 nitrogen and oxygen atoms in total. The summed E-state index contributed by atoms with van der Waals surface area (Å²) < 4.78 is 13.3. The molecule has 0 radical (unpaired) electrons. The molecule has 0 unspecified atom stereocenters. The van der Waals surface area contributed by atoms with Gasteiger partial charge >= 0.3 is 0 Å². The third kappa shape index (κ3) is 5.85. The highest BCUT2D eigenvalue weighted by atomic mass is 35.5. The maximum Gasteiger partial charge on any atom is 0.243 e. The van der Waals surface area contributed by atoms with E-state index in [1.807, 2.05) is 0 Å². The molecule has 11 heteroatoms. The van der Waals surface area contributed by atoms with Gasteiger partial charge in [-0.3, -0.25) is 14.8 Å². The molecule has 0 aliphatic rings. The SMILES string of the molecule is O=C(CCCCCC(=O)Nc1cc2c(Nc3ccc(F)c(Cl)c3)ncnc2s1)NO. The standard InChI is InChI=1S/C19H19ClFN5O3S/c20-13-8-11(6-7-14(13)21)24-18-12-9-17(30-19(12)23-10-22-18)25-15(27)4-2-1-3-5-16(28)26-29/h6-10,29H,1-5H2,(H,25,27)(H,26,28)(H,22,23,24). The number of benzene rings is 1. The number of amides is 2. The first kappa shape index (κ1) is 21.9. The molecule has 3 aromatic rings. The zero-order valence-electron chi connectivity index (χ0n) is 15.7. The number of hydrogen-bond acceptors (Lipinski definition) is 7. The van der Waals surface area contributed by atoms with E-state index in [0.717, 1.165) is 0 Å². The number of nitrogens with one attached hydrogen (secondary N) is 3. The topological polar surface area (TPSA) is 116 Å². The number of halogens is 2. The van der Waals surface area contributed by atoms with Gasteiger partial charge in [0.05, 0.1) is 15.4 Å². The maximum absolute atomic E-state index is 13.3. The number of fused-ring (bicyclic) bond motifs is 1. The number of carbonyl (C=O) groups excluding carboxylic acids is 2. The van der Waals surface area contributed by atoms with Crippen molar-refractivity contribution in [3.8, 4) is 0 Å². The molecule has 2 heterocycles. The van der Waals surface area contributed by atoms with Crippen molar-refractivity contribution in [3.63, 3.8) is 0 Å². The van der Waals surface area contributed by atoms with Crippen LogP contribution >= 0.6 is 22.9 Å². The first-order valence-corrected chi connectivity index (χ1v) is 10.3. The first-order chi connectivity index (χ1) is 14.5. The Hall–Kier alpha value is -2.82. The molecule has 0 aliphatic heterocycles. The van der Waals surface area contributed by atoms with Crippen LogP contribution in [0.1, 0.15) is 32.1 Å². The average molecular weight is 452 g/mol. The minimum absolute atomic E-state index is 0.000519. The van der Waals surface area contributed by atoms with Crippen LogP contribution in [0.3, 0.4) is 0 Å². The van der Waals surface area contributed by atoms with E-state index in [1.54, 1.807) is 17.6 Å². The Morgan fingerprint density at radius 2 is 1.87 bits per heavy atom. The second-order valence-corrected chi connectivity index (χ2v) is 7.89. The van der Waals surface area contributed by atoms with Gasteiger partial charge in [0.15, 0.2) is 0 Å². The fourth-order valence-corrected chi connectivity index (χ4v) is 3.83. The Labute approximate surface area is 180 Å². The highest BCUT2D eigenvalue weighted by Gasteiger charge is 2.12. The summed E-state index contributed by atoms with van der Waals surface area (Å²) in [5.74, 6) is -0.562. The second-order valence-electron chi connectivity index (χ2n) is 6.45. The molecule has 0 atom stereocenters. The summed E-state index contributed by atoms with van der Waals surface area (Å²) in [7, 11) is 0. The summed E-state index contributed by atoms with van der Waals surface area (Å²) in [5, 5.41) is 15.7. The van der Waals surface area contributed by atoms with Gasteiger partial charge in [0.2, 0.25) is 11.8 Å². The van der Waals surface area contributed by atoms with Crippen molar-refractivity contribution < 1.29 is 19.2 Å². The van der Waals surface area contributed by atoms with Crippen molar-refractivity contribution in [3.05, 3.63) is 41.4 Å². The lowest BCUT2D eigenvalue weighted by molar-refractivity contribution is -0.129. The van der Waals surface area contributed by atoms with Gasteiger partial charge in [0, 0.05) is 18.5 Å². The van der Waals surface area contributed by atoms with Gasteiger partial charge in [-0.2, -0.15) is 0 Å². The monoisotopic (exact) mass is 451 g/mol. The molecule has 2 amide bonds. The minimum Gasteiger partial charge on any atom is -0.340 e. The molecule has 0 fully saturated rings. The van der Waals surface area contributed by atoms with E-state index >= 15 is 0 Å². The van der Waals surface area contributed by atoms with E-state index in [2.05, 4.69) is 20.6 Å². The predicted octanol–water partition coefficient (Wildman–Crippen LogP) is 4.62. The second kappa shape index (κ2) is 10.3. The lowest BCUT2D eigenvalue weighted by Crippen LogP contribution is -2.17. The summed E-state index contributed by atoms with van der Waals surface area (Å²) in [6.07, 6.45) is 3.88. The number of aromatic nitrogens is 2. The molecule has 2 aromatic heterocycles. The molecule has 158 valence electrons. The Balaban J connectivity index is 1.60. The van der Waals surface area contributed by atoms with Crippen molar-refractivity contribution >= 4 is 61.5 Å². The molecular weight excluding hydrogens is 433 g/mol. The number of carbonyl (C=O) groups is 2. The molecule has 0 bridgehead atoms. The van der Waals surface area contributed by atoms with Crippen molar-refractivity contribution in [2.45, 2.75) is 32.1 Å². The van der Waals surface area contributed by atoms with Crippen LogP contribution in [-0.4, -0.2) is 27.0 Å². The molecule has 30 heavy (non-hydrogen) atoms. The summed E-state index contributed by atoms with van der Waals surface area (Å²) in [6, 6.07) is 6.05. The number of hydrogen-bond donors (Lipinski definition) is 4. The van der Waals surface area contributed by atoms with Crippen LogP contribution in [0.15, 0.2) is 30.6 Å². The fourth-order valence-electron chi connectivity index (χ4n) is 2.73. The Bertz CT molecular complexity index is 1060. The van der Waals surface area contributed by atoms with Crippen LogP contribution < -0.4 is 16.1 Å². The van der Waals surface area contributed by atoms with Crippen molar-refractivity contribution in [2.75, 3.05) is 10.6 Å². The van der Waals surface area contributed by atoms with Gasteiger partial charge in [-0.25, -0.2) is 19.8 Å². The zero-order chi connectivity index (χ0) is 21.5. The van der Waals surface area contributed by atoms with Gasteiger partial charge in [0.25, 0.3) is 0 Å². The zero-order valence-corrected chi connectivity index (χ0v) is 17.3. The summed E-state index contributed by atoms with van der Waals surface area (Å²) >= 11 is 7.14. The molecule has 0 aliphatic carbocycles. The smallest absolute Gasteiger partial charge is 0.243 e. The summed E-state index contributed by atoms with van der Waals surface area (Å²) in [5.41, 5.74) is 2.16. The van der Waals surface area contributed by atoms with Crippen molar-refractivity contribution in [2.24, 2.45) is 0 Å². The summed E-state index contributed by atoms with van der Waals surface area (Å²) in [4.78, 5) is 32.2. The lowest BCUT2D eigenvalue weighted by Gasteiger charge is -2.07. The highest BCUT2D eigenvalue weighted by molar-refractivity contribution is 7.22. The van der Waals surface area contributed by atoms with E-state index in [-0.39, 0.29) is 17.4 Å². The number of nitrogens with zero attached hydrogens (tertiary/aromatic N) is 2. The number of unbranched alkanes of at least 4 members (excludes halogenated alkanes) is 2. The van der Waals surface area contributed by atoms with Crippen molar-refractivity contribution in [1.82, 2.24) is 15.4 Å². The van der Waals surface area contributed by atoms with Crippen LogP contribution in [0, 0.1) is 5.82 Å². The lowest BCUT2D eigenvalue weighted by atomic mass is 10.1. The van der Waals surface area contributed by atoms with Crippen LogP contribution in [0.25, 0.3) is 10.2 Å². The molecule has 0 saturated heterocycles. The maximum atomic E-state index is 13.3. The van der Waals surface area contributed by atoms with E-state index in [4.69, 9.17) is 16.8 Å². The van der Waals surface area contributed by atoms with Crippen LogP contribution in [0.2, 0.25) is 5.02 Å². The fraction of sp³-hybridized carbons (Fsp3) is 0.263. The van der Waals surface area contributed by atoms with Gasteiger partial charge in [-0.1, -0.05) is 29.4 Å². The van der Waals surface area contributed by atoms with E-state index < -0.39 is 11.7 Å². The van der Waals surface area contributed by atoms with Crippen LogP contribution in [0.4, 0.5) is 20.9 Å². The number of hydroxylamine groups is 1. The van der Waals surface area contributed by atoms with E-state index in [9.17, 15) is 14.0 Å². The van der Waals surface area contributed by atoms with Gasteiger partial charge in [0.1, 0.15) is 22.8 Å². The normalized spacial score (nSPS) is 10.8. The average Bonchev–Trinajstić information content (AvgIpc) is 3.13. The quantitative estimate of drug-likeness (QED) is 0.214. The highest BCUT2D eigenvalue weighted by Crippen LogP contribution is 2.33. The number of anilines is 3. The Morgan fingerprint density at radius 3 is 2.60 bits per heavy atom. The minimum atomic E-state index is -0.507. The Kier molecular flexibility index (Phi) is 7.50. The third-order valence-electron chi connectivity index (χ3n) is 4.21. The van der Waals surface area contributed by atoms with Gasteiger partial charge < -0.3 is 10.6 Å². The van der Waals surface area contributed by atoms with Crippen LogP contribution in [-0.2, 0) is 9.59 Å². The predicted molar refractivity (Wildman–Crippen MR) is 114 cm³/mol. The molecular formula is C19H19ClFN5O3S. The van der Waals surface area contributed by atoms with Crippen LogP contribution in [0.5, 0.6) is 0 Å². The Morgan fingerprint density at radius 1 is 1.10 bits per heavy atom. The summed E-state index contributed by atoms with van der Waals surface area (Å²) in [6.45, 7) is 0.